The summed E-state index contributed by atoms with van der Waals surface area (Å²) in [6, 6.07) is 68.2. The van der Waals surface area contributed by atoms with E-state index in [4.69, 9.17) is 26.5 Å². The van der Waals surface area contributed by atoms with E-state index in [1.807, 2.05) is 227 Å². The number of benzene rings is 8. The monoisotopic (exact) mass is 1850 g/mol. The van der Waals surface area contributed by atoms with E-state index in [-0.39, 0.29) is 69.0 Å². The van der Waals surface area contributed by atoms with Crippen molar-refractivity contribution in [2.24, 2.45) is 5.73 Å². The van der Waals surface area contributed by atoms with Crippen molar-refractivity contribution in [2.75, 3.05) is 57.7 Å². The maximum atomic E-state index is 13.3. The summed E-state index contributed by atoms with van der Waals surface area (Å²) >= 11 is 0. The predicted molar refractivity (Wildman–Crippen MR) is 526 cm³/mol. The molecule has 0 unspecified atom stereocenters. The van der Waals surface area contributed by atoms with Crippen LogP contribution in [0.2, 0.25) is 0 Å². The first-order chi connectivity index (χ1) is 65.3. The molecule has 1 amide bonds. The quantitative estimate of drug-likeness (QED) is 0.00986. The zero-order valence-corrected chi connectivity index (χ0v) is 77.3. The molecule has 8 aromatic heterocycles. The summed E-state index contributed by atoms with van der Waals surface area (Å²) in [5.41, 5.74) is 27.5. The number of carbonyl (C=O) groups excluding carboxylic acids is 1. The van der Waals surface area contributed by atoms with E-state index in [1.165, 1.54) is 37.5 Å². The fourth-order valence-corrected chi connectivity index (χ4v) is 16.3. The smallest absolute Gasteiger partial charge is 0.332 e. The highest BCUT2D eigenvalue weighted by Crippen LogP contribution is 2.21. The Balaban J connectivity index is 0.000000153. The van der Waals surface area contributed by atoms with E-state index in [2.05, 4.69) is 45.2 Å². The average molecular weight is 1850 g/mol. The lowest BCUT2D eigenvalue weighted by atomic mass is 10.1. The van der Waals surface area contributed by atoms with Crippen LogP contribution in [0.3, 0.4) is 0 Å². The molecule has 135 heavy (non-hydrogen) atoms. The number of aryl methyl sites for hydroxylation is 8. The highest BCUT2D eigenvalue weighted by molar-refractivity contribution is 7.85. The van der Waals surface area contributed by atoms with Crippen LogP contribution in [0, 0.1) is 0 Å². The third-order valence-electron chi connectivity index (χ3n) is 22.9. The number of nitrogen functional groups attached to an aromatic ring is 2. The SMILES string of the molecule is CCCn1c(=O)c2[nH]c(Cc3ccccc3)nc2n(CCCCc2ccc(S(=O)(=O)O)cc2)c1=O.CCCn1c(=O)c2[nH]c(Cc3ccccc3)nc2n(CCc2ccc(NC(=O)CCCCN)cc2)c1=O.CN(C)CCn1c(=O)c2[nH]c(Cc3ccccc3)nc2n(CCc2ccc(N)cc2)c1=O.COCCn1c(=O)c2[nH]c(Cc3ccccc3)nc2n(CCc2ccc(N)cc2)c1=O. The van der Waals surface area contributed by atoms with Gasteiger partial charge in [-0.05, 0) is 178 Å². The van der Waals surface area contributed by atoms with E-state index in [9.17, 15) is 51.6 Å². The number of rotatable bonds is 38. The lowest BCUT2D eigenvalue weighted by Gasteiger charge is -2.13. The summed E-state index contributed by atoms with van der Waals surface area (Å²) in [6.45, 7) is 8.05. The van der Waals surface area contributed by atoms with Gasteiger partial charge in [0.05, 0.1) is 18.0 Å². The Morgan fingerprint density at radius 3 is 1.03 bits per heavy atom. The number of ether oxygens (including phenoxy) is 1. The summed E-state index contributed by atoms with van der Waals surface area (Å²) in [5, 5.41) is 2.90. The Kier molecular flexibility index (Phi) is 33.7. The van der Waals surface area contributed by atoms with E-state index in [1.54, 1.807) is 30.4 Å². The van der Waals surface area contributed by atoms with Gasteiger partial charge in [0.15, 0.2) is 22.6 Å². The number of nitrogens with zero attached hydrogens (tertiary/aromatic N) is 13. The van der Waals surface area contributed by atoms with Crippen LogP contribution in [-0.4, -0.2) is 141 Å². The van der Waals surface area contributed by atoms with Crippen molar-refractivity contribution >= 4 is 77.7 Å². The molecule has 0 atom stereocenters. The first-order valence-electron chi connectivity index (χ1n) is 45.3. The normalized spacial score (nSPS) is 11.4. The number of aromatic nitrogens is 16. The summed E-state index contributed by atoms with van der Waals surface area (Å²) in [7, 11) is 1.15. The zero-order valence-electron chi connectivity index (χ0n) is 76.5. The molecule has 16 rings (SSSR count). The summed E-state index contributed by atoms with van der Waals surface area (Å²) in [4.78, 5) is 150. The maximum absolute atomic E-state index is 13.3. The number of amides is 1. The van der Waals surface area contributed by atoms with Gasteiger partial charge in [-0.15, -0.1) is 0 Å². The van der Waals surface area contributed by atoms with Crippen molar-refractivity contribution in [3.63, 3.8) is 0 Å². The van der Waals surface area contributed by atoms with Gasteiger partial charge in [-0.1, -0.05) is 184 Å². The molecule has 8 heterocycles. The number of carbonyl (C=O) groups is 1. The molecular formula is C100H115N21O13S. The number of methoxy groups -OCH3 is 1. The van der Waals surface area contributed by atoms with Gasteiger partial charge in [0.1, 0.15) is 45.4 Å². The molecule has 8 aromatic carbocycles. The van der Waals surface area contributed by atoms with Gasteiger partial charge in [0.25, 0.3) is 32.4 Å². The molecule has 16 aromatic rings. The number of hydrogen-bond donors (Lipinski definition) is 9. The molecule has 0 saturated carbocycles. The van der Waals surface area contributed by atoms with Crippen LogP contribution in [0.25, 0.3) is 44.7 Å². The molecule has 0 fully saturated rings. The van der Waals surface area contributed by atoms with Gasteiger partial charge in [0, 0.05) is 109 Å². The van der Waals surface area contributed by atoms with E-state index >= 15 is 0 Å². The molecule has 0 aliphatic rings. The number of nitrogens with two attached hydrogens (primary N) is 3. The lowest BCUT2D eigenvalue weighted by molar-refractivity contribution is -0.116. The molecule has 12 N–H and O–H groups in total. The van der Waals surface area contributed by atoms with Gasteiger partial charge in [0.2, 0.25) is 5.91 Å². The van der Waals surface area contributed by atoms with Crippen molar-refractivity contribution in [1.29, 1.82) is 0 Å². The first-order valence-corrected chi connectivity index (χ1v) is 46.7. The third kappa shape index (κ3) is 25.5. The van der Waals surface area contributed by atoms with Crippen molar-refractivity contribution in [3.05, 3.63) is 370 Å². The second-order valence-corrected chi connectivity index (χ2v) is 34.8. The van der Waals surface area contributed by atoms with Gasteiger partial charge < -0.3 is 52.1 Å². The highest BCUT2D eigenvalue weighted by Gasteiger charge is 2.24. The van der Waals surface area contributed by atoms with Crippen LogP contribution >= 0.6 is 0 Å². The largest absolute Gasteiger partial charge is 0.399 e. The third-order valence-corrected chi connectivity index (χ3v) is 23.8. The number of nitrogens with one attached hydrogen (secondary N) is 5. The van der Waals surface area contributed by atoms with Crippen LogP contribution in [0.1, 0.15) is 127 Å². The second kappa shape index (κ2) is 46.5. The summed E-state index contributed by atoms with van der Waals surface area (Å²) in [5.74, 6) is 2.55. The average Bonchev–Trinajstić information content (AvgIpc) is 1.65. The molecule has 0 bridgehead atoms. The Hall–Kier alpha value is -14.8. The standard InChI is InChI=1S/C28H34N6O3.C25H28N4O5S.C24H28N6O2.C23H25N5O3/c1-2-17-34-27(36)25-26(32-23(31-25)19-21-8-4-3-5-9-21)33(28(34)37)18-15-20-11-13-22(14-12-20)30-24(35)10-6-7-16-29;1-2-15-29-24(30)22-23(27-21(26-22)17-19-9-4-3-5-10-19)28(25(29)31)16-7-6-8-18-11-13-20(14-12-18)35(32,33)34;1-28(2)14-15-30-23(31)21-22(27-20(26-21)16-18-6-4-3-5-7-18)29(24(30)32)13-12-17-8-10-19(25)11-9-17;1-31-14-13-28-22(29)20-21(26-19(25-20)15-17-5-3-2-4-6-17)27(23(28)30)12-11-16-7-9-18(24)10-8-16/h3-5,8-9,11-14H,2,6-7,10,15-19,29H2,1H3,(H,30,35)(H,31,32);3-5,9-14H,2,6-8,15-17H2,1H3,(H,26,27)(H,32,33,34);3-11H,12-16,25H2,1-2H3,(H,26,27);2-10H,11-15,24H2,1H3,(H,25,26). The van der Waals surface area contributed by atoms with E-state index in [0.717, 1.165) is 69.5 Å². The number of unbranched alkanes of at least 4 members (excludes halogenated alkanes) is 2. The number of hydrogen-bond acceptors (Lipinski definition) is 20. The molecular weight excluding hydrogens is 1740 g/mol. The molecule has 0 saturated heterocycles. The second-order valence-electron chi connectivity index (χ2n) is 33.3. The topological polar surface area (TPSA) is 465 Å². The molecule has 704 valence electrons. The molecule has 0 spiro atoms. The fourth-order valence-electron chi connectivity index (χ4n) is 15.8. The van der Waals surface area contributed by atoms with Crippen molar-refractivity contribution in [2.45, 2.75) is 167 Å². The predicted octanol–water partition coefficient (Wildman–Crippen LogP) is 10.2. The Labute approximate surface area is 777 Å². The lowest BCUT2D eigenvalue weighted by Crippen LogP contribution is -2.42. The molecule has 0 aliphatic heterocycles. The summed E-state index contributed by atoms with van der Waals surface area (Å²) < 4.78 is 48.0. The molecule has 0 aliphatic carbocycles. The van der Waals surface area contributed by atoms with Crippen LogP contribution in [0.15, 0.2) is 262 Å². The van der Waals surface area contributed by atoms with Crippen molar-refractivity contribution < 1.29 is 22.5 Å². The number of fused-ring (bicyclic) bond motifs is 4. The van der Waals surface area contributed by atoms with Crippen LogP contribution in [-0.2, 0) is 123 Å². The van der Waals surface area contributed by atoms with Crippen LogP contribution < -0.4 is 67.5 Å². The van der Waals surface area contributed by atoms with E-state index < -0.39 is 10.1 Å². The first kappa shape index (κ1) is 97.7. The van der Waals surface area contributed by atoms with Gasteiger partial charge in [-0.2, -0.15) is 8.42 Å². The maximum Gasteiger partial charge on any atom is 0.332 e. The van der Waals surface area contributed by atoms with Crippen molar-refractivity contribution in [3.8, 4) is 0 Å². The fraction of sp³-hybridized carbons (Fsp3) is 0.310. The number of likely N-dealkylation sites (N-methyl/N-ethyl adjacent to an activating group) is 1. The summed E-state index contributed by atoms with van der Waals surface area (Å²) in [6.07, 6.45) is 9.43. The Morgan fingerprint density at radius 1 is 0.385 bits per heavy atom. The minimum absolute atomic E-state index is 0.0295. The molecule has 35 heteroatoms. The molecule has 34 nitrogen and oxygen atoms in total. The van der Waals surface area contributed by atoms with Gasteiger partial charge >= 0.3 is 22.8 Å². The van der Waals surface area contributed by atoms with E-state index in [0.29, 0.717) is 215 Å². The number of aromatic amines is 4. The van der Waals surface area contributed by atoms with Crippen LogP contribution in [0.5, 0.6) is 0 Å². The minimum atomic E-state index is -4.21. The molecule has 0 radical (unpaired) electrons. The van der Waals surface area contributed by atoms with Crippen LogP contribution in [0.4, 0.5) is 17.1 Å². The number of anilines is 3. The highest BCUT2D eigenvalue weighted by atomic mass is 32.2. The van der Waals surface area contributed by atoms with Gasteiger partial charge in [-0.25, -0.2) is 39.1 Å². The van der Waals surface area contributed by atoms with Crippen molar-refractivity contribution in [1.82, 2.24) is 81.3 Å². The minimum Gasteiger partial charge on any atom is -0.399 e. The Bertz CT molecular complexity index is 7340. The van der Waals surface area contributed by atoms with Gasteiger partial charge in [-0.3, -0.25) is 65.1 Å². The number of H-pyrrole nitrogens is 4. The number of imidazole rings is 4. The zero-order chi connectivity index (χ0) is 95.7. The Morgan fingerprint density at radius 2 is 0.704 bits per heavy atom.